The van der Waals surface area contributed by atoms with Gasteiger partial charge in [-0.2, -0.15) is 0 Å². The molecular formula is C52H31NO3. The summed E-state index contributed by atoms with van der Waals surface area (Å²) < 4.78 is 20.6. The molecule has 0 amide bonds. The third-order valence-corrected chi connectivity index (χ3v) is 11.2. The molecule has 0 fully saturated rings. The van der Waals surface area contributed by atoms with Gasteiger partial charge in [-0.05, 0) is 70.4 Å². The maximum absolute atomic E-state index is 7.30. The van der Waals surface area contributed by atoms with Crippen LogP contribution in [0.25, 0.3) is 98.8 Å². The summed E-state index contributed by atoms with van der Waals surface area (Å²) in [5.74, 6) is 0. The van der Waals surface area contributed by atoms with Gasteiger partial charge >= 0.3 is 0 Å². The van der Waals surface area contributed by atoms with Crippen LogP contribution in [0.1, 0.15) is 0 Å². The Kier molecular flexibility index (Phi) is 6.60. The molecule has 0 saturated carbocycles. The number of fused-ring (bicyclic) bond motifs is 10. The first kappa shape index (κ1) is 30.9. The van der Waals surface area contributed by atoms with Gasteiger partial charge in [0.2, 0.25) is 0 Å². The minimum Gasteiger partial charge on any atom is -0.456 e. The molecule has 12 rings (SSSR count). The lowest BCUT2D eigenvalue weighted by Crippen LogP contribution is -2.10. The van der Waals surface area contributed by atoms with Crippen molar-refractivity contribution in [1.82, 2.24) is 0 Å². The van der Waals surface area contributed by atoms with E-state index in [0.717, 1.165) is 99.6 Å². The van der Waals surface area contributed by atoms with E-state index in [0.29, 0.717) is 0 Å². The quantitative estimate of drug-likeness (QED) is 0.178. The number of rotatable bonds is 5. The second kappa shape index (κ2) is 12.0. The van der Waals surface area contributed by atoms with Crippen LogP contribution in [0.15, 0.2) is 201 Å². The van der Waals surface area contributed by atoms with Gasteiger partial charge in [0.25, 0.3) is 0 Å². The van der Waals surface area contributed by atoms with Crippen molar-refractivity contribution in [2.45, 2.75) is 0 Å². The number of hydrogen-bond donors (Lipinski definition) is 0. The first-order valence-electron chi connectivity index (χ1n) is 18.9. The minimum absolute atomic E-state index is 0.789. The Labute approximate surface area is 321 Å². The van der Waals surface area contributed by atoms with Crippen molar-refractivity contribution in [3.8, 4) is 22.3 Å². The average molecular weight is 718 g/mol. The summed E-state index contributed by atoms with van der Waals surface area (Å²) in [6.45, 7) is 0. The zero-order valence-corrected chi connectivity index (χ0v) is 30.1. The van der Waals surface area contributed by atoms with Crippen LogP contribution in [0.4, 0.5) is 17.1 Å². The molecule has 4 heteroatoms. The van der Waals surface area contributed by atoms with Gasteiger partial charge in [-0.1, -0.05) is 140 Å². The largest absolute Gasteiger partial charge is 0.456 e. The van der Waals surface area contributed by atoms with Gasteiger partial charge in [0, 0.05) is 54.8 Å². The highest BCUT2D eigenvalue weighted by Gasteiger charge is 2.26. The number of benzene rings is 9. The number of hydrogen-bond acceptors (Lipinski definition) is 4. The highest BCUT2D eigenvalue weighted by atomic mass is 16.3. The number of anilines is 3. The van der Waals surface area contributed by atoms with Gasteiger partial charge in [-0.15, -0.1) is 0 Å². The number of para-hydroxylation sites is 4. The van der Waals surface area contributed by atoms with Crippen molar-refractivity contribution in [2.24, 2.45) is 0 Å². The third kappa shape index (κ3) is 4.60. The second-order valence-electron chi connectivity index (χ2n) is 14.4. The Morgan fingerprint density at radius 3 is 1.82 bits per heavy atom. The Bertz CT molecular complexity index is 3480. The summed E-state index contributed by atoms with van der Waals surface area (Å²) in [7, 11) is 0. The molecule has 0 saturated heterocycles. The molecule has 56 heavy (non-hydrogen) atoms. The Morgan fingerprint density at radius 2 is 0.982 bits per heavy atom. The molecule has 12 aromatic rings. The van der Waals surface area contributed by atoms with E-state index < -0.39 is 0 Å². The molecule has 262 valence electrons. The lowest BCUT2D eigenvalue weighted by molar-refractivity contribution is 0.663. The molecule has 4 nitrogen and oxygen atoms in total. The fourth-order valence-electron chi connectivity index (χ4n) is 8.67. The zero-order chi connectivity index (χ0) is 36.7. The van der Waals surface area contributed by atoms with Crippen molar-refractivity contribution >= 4 is 93.7 Å². The van der Waals surface area contributed by atoms with E-state index in [9.17, 15) is 0 Å². The molecule has 3 heterocycles. The topological polar surface area (TPSA) is 42.7 Å². The van der Waals surface area contributed by atoms with Crippen molar-refractivity contribution in [1.29, 1.82) is 0 Å². The molecule has 0 bridgehead atoms. The predicted molar refractivity (Wildman–Crippen MR) is 231 cm³/mol. The van der Waals surface area contributed by atoms with E-state index in [1.807, 2.05) is 24.3 Å². The van der Waals surface area contributed by atoms with Gasteiger partial charge in [0.1, 0.15) is 27.9 Å². The van der Waals surface area contributed by atoms with Crippen molar-refractivity contribution in [3.63, 3.8) is 0 Å². The maximum Gasteiger partial charge on any atom is 0.159 e. The Morgan fingerprint density at radius 1 is 0.339 bits per heavy atom. The SMILES string of the molecule is c1ccc(-c2ccc(N(c3ccc4ccccc4c3)c3cccc4c3oc3c(-c5cccc6c5oc5ccccc56)c5c(cc34)oc3ccccc35)cc2)cc1. The lowest BCUT2D eigenvalue weighted by atomic mass is 9.95. The van der Waals surface area contributed by atoms with E-state index >= 15 is 0 Å². The van der Waals surface area contributed by atoms with Crippen LogP contribution in [-0.4, -0.2) is 0 Å². The lowest BCUT2D eigenvalue weighted by Gasteiger charge is -2.26. The third-order valence-electron chi connectivity index (χ3n) is 11.2. The molecule has 9 aromatic carbocycles. The first-order valence-corrected chi connectivity index (χ1v) is 18.9. The summed E-state index contributed by atoms with van der Waals surface area (Å²) in [5.41, 5.74) is 12.2. The van der Waals surface area contributed by atoms with Gasteiger partial charge in [0.15, 0.2) is 5.58 Å². The molecule has 0 aliphatic rings. The smallest absolute Gasteiger partial charge is 0.159 e. The molecule has 0 atom stereocenters. The predicted octanol–water partition coefficient (Wildman–Crippen LogP) is 15.3. The van der Waals surface area contributed by atoms with E-state index in [4.69, 9.17) is 13.3 Å². The van der Waals surface area contributed by atoms with Gasteiger partial charge in [-0.3, -0.25) is 0 Å². The normalized spacial score (nSPS) is 11.9. The molecule has 0 spiro atoms. The van der Waals surface area contributed by atoms with Crippen molar-refractivity contribution in [2.75, 3.05) is 4.90 Å². The maximum atomic E-state index is 7.30. The van der Waals surface area contributed by atoms with Crippen molar-refractivity contribution < 1.29 is 13.3 Å². The number of furan rings is 3. The monoisotopic (exact) mass is 717 g/mol. The minimum atomic E-state index is 0.789. The molecule has 0 aliphatic heterocycles. The van der Waals surface area contributed by atoms with Crippen LogP contribution >= 0.6 is 0 Å². The molecular weight excluding hydrogens is 687 g/mol. The fourth-order valence-corrected chi connectivity index (χ4v) is 8.67. The average Bonchev–Trinajstić information content (AvgIpc) is 3.95. The standard InChI is InChI=1S/C52H31NO3/c1-2-12-32(13-3-1)34-24-27-36(28-25-34)53(37-29-26-33-14-4-5-15-35(33)30-37)44-21-11-19-40-43-31-47-48(41-17-7-9-23-46(41)54-47)49(52(43)56-51(40)44)42-20-10-18-39-38-16-6-8-22-45(38)55-50(39)42/h1-31H. The van der Waals surface area contributed by atoms with Crippen LogP contribution in [0, 0.1) is 0 Å². The Balaban J connectivity index is 1.16. The summed E-state index contributed by atoms with van der Waals surface area (Å²) in [6.07, 6.45) is 0. The second-order valence-corrected chi connectivity index (χ2v) is 14.4. The van der Waals surface area contributed by atoms with Crippen LogP contribution in [0.5, 0.6) is 0 Å². The van der Waals surface area contributed by atoms with Gasteiger partial charge in [-0.25, -0.2) is 0 Å². The van der Waals surface area contributed by atoms with E-state index in [-0.39, 0.29) is 0 Å². The highest BCUT2D eigenvalue weighted by molar-refractivity contribution is 6.26. The molecule has 0 aliphatic carbocycles. The fraction of sp³-hybridized carbons (Fsp3) is 0. The first-order chi connectivity index (χ1) is 27.8. The van der Waals surface area contributed by atoms with Crippen molar-refractivity contribution in [3.05, 3.63) is 188 Å². The summed E-state index contributed by atoms with van der Waals surface area (Å²) >= 11 is 0. The highest BCUT2D eigenvalue weighted by Crippen LogP contribution is 2.50. The molecule has 0 unspecified atom stereocenters. The summed E-state index contributed by atoms with van der Waals surface area (Å²) in [6, 6.07) is 65.9. The van der Waals surface area contributed by atoms with E-state index in [1.165, 1.54) is 16.3 Å². The van der Waals surface area contributed by atoms with Crippen LogP contribution < -0.4 is 4.90 Å². The van der Waals surface area contributed by atoms with Gasteiger partial charge < -0.3 is 18.2 Å². The van der Waals surface area contributed by atoms with Gasteiger partial charge in [0.05, 0.1) is 5.69 Å². The molecule has 0 radical (unpaired) electrons. The summed E-state index contributed by atoms with van der Waals surface area (Å²) in [4.78, 5) is 2.31. The van der Waals surface area contributed by atoms with Crippen LogP contribution in [0.2, 0.25) is 0 Å². The number of nitrogens with zero attached hydrogens (tertiary/aromatic N) is 1. The van der Waals surface area contributed by atoms with Crippen LogP contribution in [0.3, 0.4) is 0 Å². The summed E-state index contributed by atoms with van der Waals surface area (Å²) in [5, 5.41) is 8.53. The van der Waals surface area contributed by atoms with E-state index in [2.05, 4.69) is 169 Å². The molecule has 3 aromatic heterocycles. The van der Waals surface area contributed by atoms with Crippen LogP contribution in [-0.2, 0) is 0 Å². The van der Waals surface area contributed by atoms with E-state index in [1.54, 1.807) is 0 Å². The zero-order valence-electron chi connectivity index (χ0n) is 30.1. The Hall–Kier alpha value is -7.56. The molecule has 0 N–H and O–H groups in total.